The van der Waals surface area contributed by atoms with Crippen LogP contribution in [0.3, 0.4) is 0 Å². The van der Waals surface area contributed by atoms with Crippen molar-refractivity contribution >= 4 is 11.7 Å². The number of anilines is 1. The van der Waals surface area contributed by atoms with Gasteiger partial charge in [-0.25, -0.2) is 0 Å². The number of nitrogens with one attached hydrogen (secondary N) is 1. The number of hydrogen-bond acceptors (Lipinski definition) is 5. The zero-order chi connectivity index (χ0) is 15.7. The van der Waals surface area contributed by atoms with Gasteiger partial charge in [-0.2, -0.15) is 0 Å². The molecule has 0 aromatic heterocycles. The van der Waals surface area contributed by atoms with Crippen molar-refractivity contribution in [3.8, 4) is 5.75 Å². The van der Waals surface area contributed by atoms with Crippen LogP contribution in [0.2, 0.25) is 0 Å². The highest BCUT2D eigenvalue weighted by Gasteiger charge is 2.20. The van der Waals surface area contributed by atoms with Crippen LogP contribution in [0.15, 0.2) is 18.2 Å². The van der Waals surface area contributed by atoms with Crippen LogP contribution in [0.25, 0.3) is 0 Å². The molecular formula is C16H26N2O3. The van der Waals surface area contributed by atoms with Crippen molar-refractivity contribution in [2.45, 2.75) is 39.2 Å². The smallest absolute Gasteiger partial charge is 0.323 e. The molecule has 118 valence electrons. The van der Waals surface area contributed by atoms with Gasteiger partial charge in [0.25, 0.3) is 0 Å². The van der Waals surface area contributed by atoms with E-state index in [1.807, 2.05) is 25.1 Å². The van der Waals surface area contributed by atoms with E-state index >= 15 is 0 Å². The number of rotatable bonds is 9. The molecule has 0 saturated carbocycles. The molecule has 0 fully saturated rings. The molecule has 0 unspecified atom stereocenters. The van der Waals surface area contributed by atoms with Crippen molar-refractivity contribution in [2.24, 2.45) is 0 Å². The third-order valence-corrected chi connectivity index (χ3v) is 3.11. The second-order valence-corrected chi connectivity index (χ2v) is 4.95. The Morgan fingerprint density at radius 3 is 2.67 bits per heavy atom. The molecule has 5 heteroatoms. The molecule has 0 heterocycles. The van der Waals surface area contributed by atoms with Gasteiger partial charge in [0.05, 0.1) is 19.4 Å². The first-order valence-corrected chi connectivity index (χ1v) is 7.44. The fourth-order valence-corrected chi connectivity index (χ4v) is 2.01. The molecule has 1 rings (SSSR count). The van der Waals surface area contributed by atoms with Gasteiger partial charge >= 0.3 is 5.97 Å². The van der Waals surface area contributed by atoms with Crippen LogP contribution in [-0.2, 0) is 16.0 Å². The lowest BCUT2D eigenvalue weighted by molar-refractivity contribution is -0.146. The molecule has 1 atom stereocenters. The van der Waals surface area contributed by atoms with Crippen molar-refractivity contribution in [1.29, 1.82) is 0 Å². The Kier molecular flexibility index (Phi) is 7.61. The Labute approximate surface area is 126 Å². The molecular weight excluding hydrogens is 268 g/mol. The van der Waals surface area contributed by atoms with Crippen molar-refractivity contribution in [1.82, 2.24) is 5.32 Å². The third-order valence-electron chi connectivity index (χ3n) is 3.11. The SMILES string of the molecule is CCCN[C@@H](Cc1ccc(OC)c(N)c1)C(=O)OCCC. The Bertz CT molecular complexity index is 449. The minimum Gasteiger partial charge on any atom is -0.495 e. The van der Waals surface area contributed by atoms with E-state index in [2.05, 4.69) is 12.2 Å². The molecule has 0 aliphatic carbocycles. The molecule has 1 aromatic rings. The van der Waals surface area contributed by atoms with Gasteiger partial charge in [0.2, 0.25) is 0 Å². The summed E-state index contributed by atoms with van der Waals surface area (Å²) in [5, 5.41) is 3.23. The molecule has 1 aromatic carbocycles. The van der Waals surface area contributed by atoms with Crippen molar-refractivity contribution in [3.05, 3.63) is 23.8 Å². The van der Waals surface area contributed by atoms with Crippen molar-refractivity contribution < 1.29 is 14.3 Å². The van der Waals surface area contributed by atoms with E-state index in [4.69, 9.17) is 15.2 Å². The number of methoxy groups -OCH3 is 1. The summed E-state index contributed by atoms with van der Waals surface area (Å²) < 4.78 is 10.4. The van der Waals surface area contributed by atoms with Crippen LogP contribution in [0.1, 0.15) is 32.3 Å². The first-order chi connectivity index (χ1) is 10.1. The van der Waals surface area contributed by atoms with Crippen LogP contribution in [0.5, 0.6) is 5.75 Å². The van der Waals surface area contributed by atoms with E-state index < -0.39 is 0 Å². The Morgan fingerprint density at radius 2 is 2.10 bits per heavy atom. The zero-order valence-electron chi connectivity index (χ0n) is 13.1. The summed E-state index contributed by atoms with van der Waals surface area (Å²) in [5.74, 6) is 0.435. The number of esters is 1. The summed E-state index contributed by atoms with van der Waals surface area (Å²) in [6, 6.07) is 5.23. The molecule has 0 aliphatic heterocycles. The monoisotopic (exact) mass is 294 g/mol. The van der Waals surface area contributed by atoms with Crippen LogP contribution in [-0.4, -0.2) is 32.3 Å². The first-order valence-electron chi connectivity index (χ1n) is 7.44. The topological polar surface area (TPSA) is 73.6 Å². The summed E-state index contributed by atoms with van der Waals surface area (Å²) in [7, 11) is 1.58. The Hall–Kier alpha value is -1.75. The highest BCUT2D eigenvalue weighted by Crippen LogP contribution is 2.22. The van der Waals surface area contributed by atoms with E-state index in [1.165, 1.54) is 0 Å². The van der Waals surface area contributed by atoms with E-state index in [9.17, 15) is 4.79 Å². The molecule has 0 aliphatic rings. The normalized spacial score (nSPS) is 12.0. The van der Waals surface area contributed by atoms with E-state index in [-0.39, 0.29) is 12.0 Å². The Balaban J connectivity index is 2.75. The largest absolute Gasteiger partial charge is 0.495 e. The van der Waals surface area contributed by atoms with Gasteiger partial charge in [-0.3, -0.25) is 4.79 Å². The predicted molar refractivity (Wildman–Crippen MR) is 84.4 cm³/mol. The minimum atomic E-state index is -0.343. The number of nitrogen functional groups attached to an aromatic ring is 1. The minimum absolute atomic E-state index is 0.209. The fourth-order valence-electron chi connectivity index (χ4n) is 2.01. The number of hydrogen-bond donors (Lipinski definition) is 2. The van der Waals surface area contributed by atoms with Gasteiger partial charge in [0.1, 0.15) is 11.8 Å². The van der Waals surface area contributed by atoms with Gasteiger partial charge in [0, 0.05) is 0 Å². The summed E-state index contributed by atoms with van der Waals surface area (Å²) in [5.41, 5.74) is 7.46. The van der Waals surface area contributed by atoms with Gasteiger partial charge < -0.3 is 20.5 Å². The fraction of sp³-hybridized carbons (Fsp3) is 0.562. The van der Waals surface area contributed by atoms with E-state index in [0.717, 1.165) is 24.9 Å². The second kappa shape index (κ2) is 9.23. The van der Waals surface area contributed by atoms with E-state index in [0.29, 0.717) is 24.5 Å². The Morgan fingerprint density at radius 1 is 1.33 bits per heavy atom. The second-order valence-electron chi connectivity index (χ2n) is 4.95. The van der Waals surface area contributed by atoms with E-state index in [1.54, 1.807) is 7.11 Å². The molecule has 21 heavy (non-hydrogen) atoms. The number of carbonyl (C=O) groups excluding carboxylic acids is 1. The zero-order valence-corrected chi connectivity index (χ0v) is 13.1. The van der Waals surface area contributed by atoms with Gasteiger partial charge in [-0.15, -0.1) is 0 Å². The lowest BCUT2D eigenvalue weighted by Crippen LogP contribution is -2.40. The highest BCUT2D eigenvalue weighted by molar-refractivity contribution is 5.76. The lowest BCUT2D eigenvalue weighted by atomic mass is 10.0. The summed E-state index contributed by atoms with van der Waals surface area (Å²) in [6.07, 6.45) is 2.33. The highest BCUT2D eigenvalue weighted by atomic mass is 16.5. The van der Waals surface area contributed by atoms with Crippen LogP contribution in [0.4, 0.5) is 5.69 Å². The summed E-state index contributed by atoms with van der Waals surface area (Å²) in [6.45, 7) is 5.27. The number of benzene rings is 1. The standard InChI is InChI=1S/C16H26N2O3/c1-4-8-18-14(16(19)21-9-5-2)11-12-6-7-15(20-3)13(17)10-12/h6-7,10,14,18H,4-5,8-9,11,17H2,1-3H3/t14-/m0/s1. The summed E-state index contributed by atoms with van der Waals surface area (Å²) >= 11 is 0. The number of ether oxygens (including phenoxy) is 2. The quantitative estimate of drug-likeness (QED) is 0.539. The summed E-state index contributed by atoms with van der Waals surface area (Å²) in [4.78, 5) is 12.1. The van der Waals surface area contributed by atoms with Gasteiger partial charge in [-0.05, 0) is 43.5 Å². The lowest BCUT2D eigenvalue weighted by Gasteiger charge is -2.18. The molecule has 5 nitrogen and oxygen atoms in total. The average Bonchev–Trinajstić information content (AvgIpc) is 2.49. The van der Waals surface area contributed by atoms with Crippen molar-refractivity contribution in [3.63, 3.8) is 0 Å². The number of nitrogens with two attached hydrogens (primary N) is 1. The maximum atomic E-state index is 12.1. The molecule has 0 saturated heterocycles. The molecule has 3 N–H and O–H groups in total. The van der Waals surface area contributed by atoms with Crippen LogP contribution in [0, 0.1) is 0 Å². The van der Waals surface area contributed by atoms with Crippen LogP contribution >= 0.6 is 0 Å². The van der Waals surface area contributed by atoms with Crippen molar-refractivity contribution in [2.75, 3.05) is 26.0 Å². The predicted octanol–water partition coefficient (Wildman–Crippen LogP) is 2.14. The van der Waals surface area contributed by atoms with Gasteiger partial charge in [0.15, 0.2) is 0 Å². The maximum Gasteiger partial charge on any atom is 0.323 e. The third kappa shape index (κ3) is 5.63. The first kappa shape index (κ1) is 17.3. The molecule has 0 radical (unpaired) electrons. The maximum absolute atomic E-state index is 12.1. The van der Waals surface area contributed by atoms with Gasteiger partial charge in [-0.1, -0.05) is 19.9 Å². The molecule has 0 spiro atoms. The molecule has 0 bridgehead atoms. The molecule has 0 amide bonds. The average molecular weight is 294 g/mol. The van der Waals surface area contributed by atoms with Crippen LogP contribution < -0.4 is 15.8 Å². The number of carbonyl (C=O) groups is 1.